The molecule has 5 nitrogen and oxygen atoms in total. The third-order valence-corrected chi connectivity index (χ3v) is 4.37. The monoisotopic (exact) mass is 331 g/mol. The number of carboxylic acid groups (broad SMARTS) is 1. The molecule has 0 aliphatic rings. The molecule has 0 bridgehead atoms. The van der Waals surface area contributed by atoms with E-state index in [0.717, 1.165) is 13.1 Å². The molecule has 0 saturated carbocycles. The van der Waals surface area contributed by atoms with Crippen molar-refractivity contribution in [2.75, 3.05) is 13.6 Å². The molecule has 1 aromatic rings. The maximum absolute atomic E-state index is 12.8. The van der Waals surface area contributed by atoms with Gasteiger partial charge >= 0.3 is 12.1 Å². The molecule has 20 heavy (non-hydrogen) atoms. The van der Waals surface area contributed by atoms with Gasteiger partial charge in [-0.05, 0) is 18.2 Å². The van der Waals surface area contributed by atoms with Crippen molar-refractivity contribution in [1.82, 2.24) is 4.31 Å². The highest BCUT2D eigenvalue weighted by atomic mass is 35.5. The van der Waals surface area contributed by atoms with E-state index in [4.69, 9.17) is 16.7 Å². The van der Waals surface area contributed by atoms with Gasteiger partial charge in [-0.15, -0.1) is 0 Å². The lowest BCUT2D eigenvalue weighted by molar-refractivity contribution is -0.139. The van der Waals surface area contributed by atoms with Crippen LogP contribution < -0.4 is 0 Å². The Morgan fingerprint density at radius 3 is 2.40 bits per heavy atom. The van der Waals surface area contributed by atoms with Crippen LogP contribution in [0.1, 0.15) is 5.56 Å². The van der Waals surface area contributed by atoms with Crippen molar-refractivity contribution >= 4 is 27.6 Å². The average molecular weight is 332 g/mol. The van der Waals surface area contributed by atoms with Gasteiger partial charge in [-0.25, -0.2) is 8.42 Å². The van der Waals surface area contributed by atoms with Crippen molar-refractivity contribution in [3.8, 4) is 0 Å². The van der Waals surface area contributed by atoms with E-state index in [9.17, 15) is 26.4 Å². The van der Waals surface area contributed by atoms with E-state index in [1.807, 2.05) is 0 Å². The average Bonchev–Trinajstić information content (AvgIpc) is 2.26. The van der Waals surface area contributed by atoms with E-state index in [2.05, 4.69) is 0 Å². The minimum absolute atomic E-state index is 0.208. The van der Waals surface area contributed by atoms with Crippen molar-refractivity contribution in [3.05, 3.63) is 28.8 Å². The van der Waals surface area contributed by atoms with Crippen LogP contribution in [0.4, 0.5) is 13.2 Å². The van der Waals surface area contributed by atoms with E-state index >= 15 is 0 Å². The molecule has 0 heterocycles. The minimum atomic E-state index is -4.91. The Labute approximate surface area is 117 Å². The van der Waals surface area contributed by atoms with E-state index in [1.165, 1.54) is 0 Å². The lowest BCUT2D eigenvalue weighted by atomic mass is 10.2. The van der Waals surface area contributed by atoms with Gasteiger partial charge in [0.25, 0.3) is 0 Å². The first kappa shape index (κ1) is 16.7. The van der Waals surface area contributed by atoms with Gasteiger partial charge in [-0.1, -0.05) is 11.6 Å². The van der Waals surface area contributed by atoms with Crippen molar-refractivity contribution in [1.29, 1.82) is 0 Å². The number of likely N-dealkylation sites (N-methyl/N-ethyl adjacent to an activating group) is 1. The quantitative estimate of drug-likeness (QED) is 0.916. The number of hydrogen-bond donors (Lipinski definition) is 1. The molecule has 0 aliphatic carbocycles. The zero-order valence-electron chi connectivity index (χ0n) is 9.98. The van der Waals surface area contributed by atoms with Crippen LogP contribution in [0.5, 0.6) is 0 Å². The number of benzene rings is 1. The first-order chi connectivity index (χ1) is 8.96. The predicted octanol–water partition coefficient (Wildman–Crippen LogP) is 2.06. The zero-order valence-corrected chi connectivity index (χ0v) is 11.6. The molecular weight excluding hydrogens is 323 g/mol. The summed E-state index contributed by atoms with van der Waals surface area (Å²) in [6.07, 6.45) is -4.91. The Balaban J connectivity index is 3.45. The van der Waals surface area contributed by atoms with Gasteiger partial charge in [-0.3, -0.25) is 4.79 Å². The lowest BCUT2D eigenvalue weighted by Gasteiger charge is -2.19. The second kappa shape index (κ2) is 5.58. The number of hydrogen-bond acceptors (Lipinski definition) is 3. The molecule has 0 amide bonds. The Morgan fingerprint density at radius 2 is 1.95 bits per heavy atom. The van der Waals surface area contributed by atoms with Crippen molar-refractivity contribution < 1.29 is 31.5 Å². The number of carboxylic acids is 1. The summed E-state index contributed by atoms with van der Waals surface area (Å²) in [6.45, 7) is -0.966. The van der Waals surface area contributed by atoms with Gasteiger partial charge in [0.2, 0.25) is 10.0 Å². The highest BCUT2D eigenvalue weighted by Gasteiger charge is 2.38. The number of carbonyl (C=O) groups is 1. The molecule has 0 saturated heterocycles. The van der Waals surface area contributed by atoms with Crippen LogP contribution in [0.25, 0.3) is 0 Å². The maximum atomic E-state index is 12.8. The smallest absolute Gasteiger partial charge is 0.417 e. The summed E-state index contributed by atoms with van der Waals surface area (Å²) >= 11 is 5.52. The SMILES string of the molecule is CN(CC(=O)O)S(=O)(=O)c1cc(Cl)ccc1C(F)(F)F. The number of nitrogens with zero attached hydrogens (tertiary/aromatic N) is 1. The van der Waals surface area contributed by atoms with Crippen molar-refractivity contribution in [2.24, 2.45) is 0 Å². The summed E-state index contributed by atoms with van der Waals surface area (Å²) in [5.74, 6) is -1.49. The van der Waals surface area contributed by atoms with Crippen molar-refractivity contribution in [2.45, 2.75) is 11.1 Å². The highest BCUT2D eigenvalue weighted by molar-refractivity contribution is 7.89. The largest absolute Gasteiger partial charge is 0.480 e. The van der Waals surface area contributed by atoms with Gasteiger partial charge in [0, 0.05) is 12.1 Å². The number of alkyl halides is 3. The van der Waals surface area contributed by atoms with Crippen molar-refractivity contribution in [3.63, 3.8) is 0 Å². The van der Waals surface area contributed by atoms with Gasteiger partial charge < -0.3 is 5.11 Å². The molecule has 0 aliphatic heterocycles. The van der Waals surface area contributed by atoms with E-state index in [0.29, 0.717) is 16.4 Å². The van der Waals surface area contributed by atoms with E-state index in [-0.39, 0.29) is 5.02 Å². The predicted molar refractivity (Wildman–Crippen MR) is 63.9 cm³/mol. The first-order valence-corrected chi connectivity index (χ1v) is 6.83. The van der Waals surface area contributed by atoms with Crippen LogP contribution in [-0.2, 0) is 21.0 Å². The van der Waals surface area contributed by atoms with Crippen LogP contribution in [0.3, 0.4) is 0 Å². The molecule has 1 rings (SSSR count). The molecule has 0 aromatic heterocycles. The Morgan fingerprint density at radius 1 is 1.40 bits per heavy atom. The third kappa shape index (κ3) is 3.62. The second-order valence-electron chi connectivity index (χ2n) is 3.79. The molecule has 0 spiro atoms. The zero-order chi connectivity index (χ0) is 15.7. The van der Waals surface area contributed by atoms with Gasteiger partial charge in [0.15, 0.2) is 0 Å². The molecule has 0 atom stereocenters. The molecule has 0 fully saturated rings. The molecule has 1 N–H and O–H groups in total. The summed E-state index contributed by atoms with van der Waals surface area (Å²) in [6, 6.07) is 2.07. The number of sulfonamides is 1. The number of halogens is 4. The van der Waals surface area contributed by atoms with Gasteiger partial charge in [0.1, 0.15) is 6.54 Å². The first-order valence-electron chi connectivity index (χ1n) is 5.01. The molecule has 1 aromatic carbocycles. The second-order valence-corrected chi connectivity index (χ2v) is 6.24. The number of rotatable bonds is 4. The summed E-state index contributed by atoms with van der Waals surface area (Å²) in [5.41, 5.74) is -1.40. The van der Waals surface area contributed by atoms with E-state index in [1.54, 1.807) is 0 Å². The molecule has 0 unspecified atom stereocenters. The fraction of sp³-hybridized carbons (Fsp3) is 0.300. The van der Waals surface area contributed by atoms with Crippen LogP contribution >= 0.6 is 11.6 Å². The Hall–Kier alpha value is -1.32. The summed E-state index contributed by atoms with van der Waals surface area (Å²) < 4.78 is 62.7. The maximum Gasteiger partial charge on any atom is 0.417 e. The normalized spacial score (nSPS) is 12.7. The van der Waals surface area contributed by atoms with Gasteiger partial charge in [-0.2, -0.15) is 17.5 Å². The fourth-order valence-corrected chi connectivity index (χ4v) is 2.98. The minimum Gasteiger partial charge on any atom is -0.480 e. The van der Waals surface area contributed by atoms with Crippen LogP contribution in [0.2, 0.25) is 5.02 Å². The molecular formula is C10H9ClF3NO4S. The van der Waals surface area contributed by atoms with Crippen LogP contribution in [0.15, 0.2) is 23.1 Å². The number of aliphatic carboxylic acids is 1. The summed E-state index contributed by atoms with van der Waals surface area (Å²) in [7, 11) is -3.76. The summed E-state index contributed by atoms with van der Waals surface area (Å²) in [5, 5.41) is 8.32. The van der Waals surface area contributed by atoms with Crippen LogP contribution in [0, 0.1) is 0 Å². The Bertz CT molecular complexity index is 630. The van der Waals surface area contributed by atoms with Crippen LogP contribution in [-0.4, -0.2) is 37.4 Å². The standard InChI is InChI=1S/C10H9ClF3NO4S/c1-15(5-9(16)17)20(18,19)8-4-6(11)2-3-7(8)10(12,13)14/h2-4H,5H2,1H3,(H,16,17). The van der Waals surface area contributed by atoms with E-state index < -0.39 is 39.2 Å². The molecule has 0 radical (unpaired) electrons. The third-order valence-electron chi connectivity index (χ3n) is 2.30. The Kier molecular flexibility index (Phi) is 4.67. The molecule has 10 heteroatoms. The topological polar surface area (TPSA) is 74.7 Å². The highest BCUT2D eigenvalue weighted by Crippen LogP contribution is 2.36. The fourth-order valence-electron chi connectivity index (χ4n) is 1.39. The van der Waals surface area contributed by atoms with Gasteiger partial charge in [0.05, 0.1) is 10.5 Å². The summed E-state index contributed by atoms with van der Waals surface area (Å²) in [4.78, 5) is 9.40. The lowest BCUT2D eigenvalue weighted by Crippen LogP contribution is -2.33. The molecule has 112 valence electrons.